The minimum absolute atomic E-state index is 0.0978. The Bertz CT molecular complexity index is 835. The fraction of sp³-hybridized carbons (Fsp3) is 0.188. The van der Waals surface area contributed by atoms with Crippen LogP contribution in [0.3, 0.4) is 0 Å². The Morgan fingerprint density at radius 3 is 2.67 bits per heavy atom. The molecule has 0 saturated heterocycles. The van der Waals surface area contributed by atoms with Crippen LogP contribution in [0.25, 0.3) is 0 Å². The van der Waals surface area contributed by atoms with E-state index in [1.807, 2.05) is 0 Å². The number of hydrogen-bond donors (Lipinski definition) is 2. The summed E-state index contributed by atoms with van der Waals surface area (Å²) in [6, 6.07) is 7.83. The average molecular weight is 347 g/mol. The molecule has 2 heterocycles. The van der Waals surface area contributed by atoms with E-state index in [4.69, 9.17) is 9.47 Å². The molecule has 1 aliphatic heterocycles. The van der Waals surface area contributed by atoms with Gasteiger partial charge in [-0.05, 0) is 24.3 Å². The largest absolute Gasteiger partial charge is 0.486 e. The molecule has 0 unspecified atom stereocenters. The van der Waals surface area contributed by atoms with Crippen molar-refractivity contribution in [1.29, 1.82) is 0 Å². The third-order valence-corrected chi connectivity index (χ3v) is 4.65. The van der Waals surface area contributed by atoms with Crippen molar-refractivity contribution < 1.29 is 17.9 Å². The van der Waals surface area contributed by atoms with Crippen LogP contribution in [0.1, 0.15) is 0 Å². The summed E-state index contributed by atoms with van der Waals surface area (Å²) >= 11 is 0. The Hall–Kier alpha value is -2.74. The minimum Gasteiger partial charge on any atom is -0.486 e. The zero-order valence-electron chi connectivity index (χ0n) is 12.9. The first-order chi connectivity index (χ1) is 11.6. The van der Waals surface area contributed by atoms with Crippen molar-refractivity contribution in [2.75, 3.05) is 29.8 Å². The van der Waals surface area contributed by atoms with Gasteiger partial charge in [0.15, 0.2) is 11.5 Å². The van der Waals surface area contributed by atoms with Crippen LogP contribution >= 0.6 is 0 Å². The number of hydrogen-bond acceptors (Lipinski definition) is 6. The third-order valence-electron chi connectivity index (χ3n) is 3.27. The predicted molar refractivity (Wildman–Crippen MR) is 91.2 cm³/mol. The molecule has 1 aromatic carbocycles. The number of nitrogens with one attached hydrogen (secondary N) is 2. The number of ether oxygens (including phenoxy) is 2. The first kappa shape index (κ1) is 16.1. The van der Waals surface area contributed by atoms with Gasteiger partial charge in [-0.2, -0.15) is 0 Å². The summed E-state index contributed by atoms with van der Waals surface area (Å²) < 4.78 is 38.3. The van der Waals surface area contributed by atoms with E-state index >= 15 is 0 Å². The van der Waals surface area contributed by atoms with Crippen LogP contribution in [0.15, 0.2) is 54.1 Å². The molecule has 0 amide bonds. The summed E-state index contributed by atoms with van der Waals surface area (Å²) in [6.45, 7) is 5.03. The summed E-state index contributed by atoms with van der Waals surface area (Å²) in [5.74, 6) is 1.60. The molecule has 1 aromatic heterocycles. The summed E-state index contributed by atoms with van der Waals surface area (Å²) in [6.07, 6.45) is 3.15. The number of aromatic nitrogens is 1. The number of fused-ring (bicyclic) bond motifs is 1. The molecule has 0 fully saturated rings. The van der Waals surface area contributed by atoms with Crippen LogP contribution in [-0.2, 0) is 10.0 Å². The number of benzene rings is 1. The normalized spacial score (nSPS) is 13.2. The molecule has 0 bridgehead atoms. The van der Waals surface area contributed by atoms with E-state index in [2.05, 4.69) is 21.6 Å². The molecular weight excluding hydrogens is 330 g/mol. The van der Waals surface area contributed by atoms with Gasteiger partial charge in [0.2, 0.25) is 0 Å². The Morgan fingerprint density at radius 2 is 1.96 bits per heavy atom. The molecule has 0 atom stereocenters. The maximum Gasteiger partial charge on any atom is 0.262 e. The molecule has 0 aliphatic carbocycles. The van der Waals surface area contributed by atoms with Crippen LogP contribution in [0.4, 0.5) is 11.5 Å². The van der Waals surface area contributed by atoms with Crippen molar-refractivity contribution in [3.8, 4) is 11.5 Å². The second kappa shape index (κ2) is 6.79. The number of rotatable bonds is 6. The number of anilines is 2. The highest BCUT2D eigenvalue weighted by atomic mass is 32.2. The molecule has 0 spiro atoms. The van der Waals surface area contributed by atoms with E-state index < -0.39 is 10.0 Å². The van der Waals surface area contributed by atoms with Crippen LogP contribution in [0.5, 0.6) is 11.5 Å². The number of sulfonamides is 1. The third kappa shape index (κ3) is 3.60. The molecule has 7 nitrogen and oxygen atoms in total. The molecular formula is C16H17N3O4S. The van der Waals surface area contributed by atoms with Crippen molar-refractivity contribution in [2.24, 2.45) is 0 Å². The van der Waals surface area contributed by atoms with Crippen LogP contribution in [0.2, 0.25) is 0 Å². The molecule has 8 heteroatoms. The fourth-order valence-electron chi connectivity index (χ4n) is 2.14. The van der Waals surface area contributed by atoms with Crippen LogP contribution in [-0.4, -0.2) is 33.2 Å². The van der Waals surface area contributed by atoms with Gasteiger partial charge in [-0.15, -0.1) is 6.58 Å². The van der Waals surface area contributed by atoms with Crippen molar-refractivity contribution >= 4 is 21.5 Å². The molecule has 2 N–H and O–H groups in total. The summed E-state index contributed by atoms with van der Waals surface area (Å²) in [7, 11) is -3.74. The van der Waals surface area contributed by atoms with Gasteiger partial charge in [0, 0.05) is 12.6 Å². The minimum atomic E-state index is -3.74. The topological polar surface area (TPSA) is 89.5 Å². The summed E-state index contributed by atoms with van der Waals surface area (Å²) in [4.78, 5) is 4.23. The Morgan fingerprint density at radius 1 is 1.17 bits per heavy atom. The van der Waals surface area contributed by atoms with E-state index in [1.54, 1.807) is 24.3 Å². The number of pyridine rings is 1. The van der Waals surface area contributed by atoms with E-state index in [-0.39, 0.29) is 4.90 Å². The first-order valence-corrected chi connectivity index (χ1v) is 8.80. The smallest absolute Gasteiger partial charge is 0.262 e. The van der Waals surface area contributed by atoms with Gasteiger partial charge in [-0.25, -0.2) is 13.4 Å². The van der Waals surface area contributed by atoms with Gasteiger partial charge in [0.05, 0.1) is 16.8 Å². The van der Waals surface area contributed by atoms with Crippen LogP contribution in [0, 0.1) is 0 Å². The van der Waals surface area contributed by atoms with E-state index in [0.717, 1.165) is 0 Å². The summed E-state index contributed by atoms with van der Waals surface area (Å²) in [5.41, 5.74) is 0.369. The number of nitrogens with zero attached hydrogens (tertiary/aromatic N) is 1. The van der Waals surface area contributed by atoms with Crippen molar-refractivity contribution in [3.63, 3.8) is 0 Å². The van der Waals surface area contributed by atoms with Crippen molar-refractivity contribution in [3.05, 3.63) is 49.2 Å². The second-order valence-corrected chi connectivity index (χ2v) is 6.70. The van der Waals surface area contributed by atoms with Crippen LogP contribution < -0.4 is 19.5 Å². The van der Waals surface area contributed by atoms with Gasteiger partial charge >= 0.3 is 0 Å². The van der Waals surface area contributed by atoms with E-state index in [1.165, 1.54) is 18.3 Å². The van der Waals surface area contributed by atoms with Gasteiger partial charge in [0.25, 0.3) is 10.0 Å². The SMILES string of the molecule is C=CCNc1ccc(NS(=O)(=O)c2ccc3c(c2)OCCO3)cn1. The Balaban J connectivity index is 1.77. The zero-order valence-corrected chi connectivity index (χ0v) is 13.7. The average Bonchev–Trinajstić information content (AvgIpc) is 2.60. The Labute approximate surface area is 140 Å². The van der Waals surface area contributed by atoms with Gasteiger partial charge in [-0.1, -0.05) is 6.08 Å². The second-order valence-electron chi connectivity index (χ2n) is 5.01. The van der Waals surface area contributed by atoms with Gasteiger partial charge in [-0.3, -0.25) is 4.72 Å². The molecule has 1 aliphatic rings. The molecule has 0 saturated carbocycles. The molecule has 2 aromatic rings. The molecule has 3 rings (SSSR count). The fourth-order valence-corrected chi connectivity index (χ4v) is 3.20. The lowest BCUT2D eigenvalue weighted by atomic mass is 10.3. The lowest BCUT2D eigenvalue weighted by Gasteiger charge is -2.19. The van der Waals surface area contributed by atoms with Gasteiger partial charge in [0.1, 0.15) is 19.0 Å². The highest BCUT2D eigenvalue weighted by molar-refractivity contribution is 7.92. The van der Waals surface area contributed by atoms with Crippen molar-refractivity contribution in [2.45, 2.75) is 4.90 Å². The lowest BCUT2D eigenvalue weighted by Crippen LogP contribution is -2.17. The quantitative estimate of drug-likeness (QED) is 0.779. The standard InChI is InChI=1S/C16H17N3O4S/c1-2-7-17-16-6-3-12(11-18-16)19-24(20,21)13-4-5-14-15(10-13)23-9-8-22-14/h2-6,10-11,19H,1,7-9H2,(H,17,18). The maximum atomic E-state index is 12.5. The zero-order chi connectivity index (χ0) is 17.0. The molecule has 24 heavy (non-hydrogen) atoms. The van der Waals surface area contributed by atoms with E-state index in [9.17, 15) is 8.42 Å². The monoisotopic (exact) mass is 347 g/mol. The highest BCUT2D eigenvalue weighted by Gasteiger charge is 2.19. The maximum absolute atomic E-state index is 12.5. The van der Waals surface area contributed by atoms with Crippen molar-refractivity contribution in [1.82, 2.24) is 4.98 Å². The molecule has 0 radical (unpaired) electrons. The van der Waals surface area contributed by atoms with Gasteiger partial charge < -0.3 is 14.8 Å². The highest BCUT2D eigenvalue weighted by Crippen LogP contribution is 2.32. The Kier molecular flexibility index (Phi) is 4.57. The molecule has 126 valence electrons. The first-order valence-electron chi connectivity index (χ1n) is 7.32. The van der Waals surface area contributed by atoms with E-state index in [0.29, 0.717) is 42.8 Å². The summed E-state index contributed by atoms with van der Waals surface area (Å²) in [5, 5.41) is 3.01. The predicted octanol–water partition coefficient (Wildman–Crippen LogP) is 2.25. The lowest BCUT2D eigenvalue weighted by molar-refractivity contribution is 0.171.